The monoisotopic (exact) mass is 339 g/mol. The van der Waals surface area contributed by atoms with Gasteiger partial charge >= 0.3 is 5.82 Å². The standard InChI is InChI=1S/C13H11ClFN5O3/c1-17-12-11(14)10(6-19-13(12)20(21)22)23-9(4-16)8-3-2-7(15)5-18-8/h2-6,17H,16H2,1H3/b9-4+. The minimum absolute atomic E-state index is 0.00222. The summed E-state index contributed by atoms with van der Waals surface area (Å²) < 4.78 is 18.4. The Morgan fingerprint density at radius 3 is 2.74 bits per heavy atom. The first kappa shape index (κ1) is 16.4. The van der Waals surface area contributed by atoms with Gasteiger partial charge in [-0.05, 0) is 22.0 Å². The van der Waals surface area contributed by atoms with Gasteiger partial charge < -0.3 is 25.9 Å². The summed E-state index contributed by atoms with van der Waals surface area (Å²) >= 11 is 6.09. The van der Waals surface area contributed by atoms with Crippen LogP contribution in [0.3, 0.4) is 0 Å². The van der Waals surface area contributed by atoms with Crippen molar-refractivity contribution in [1.82, 2.24) is 9.97 Å². The van der Waals surface area contributed by atoms with Gasteiger partial charge in [0.25, 0.3) is 0 Å². The zero-order valence-electron chi connectivity index (χ0n) is 11.8. The Bertz CT molecular complexity index is 767. The van der Waals surface area contributed by atoms with Crippen molar-refractivity contribution < 1.29 is 14.1 Å². The van der Waals surface area contributed by atoms with Crippen molar-refractivity contribution in [3.63, 3.8) is 0 Å². The predicted molar refractivity (Wildman–Crippen MR) is 82.4 cm³/mol. The maximum absolute atomic E-state index is 12.9. The van der Waals surface area contributed by atoms with Crippen molar-refractivity contribution >= 4 is 28.9 Å². The van der Waals surface area contributed by atoms with E-state index in [0.717, 1.165) is 18.6 Å². The average Bonchev–Trinajstić information content (AvgIpc) is 2.54. The molecular weight excluding hydrogens is 329 g/mol. The molecule has 2 aromatic rings. The van der Waals surface area contributed by atoms with Crippen molar-refractivity contribution in [2.24, 2.45) is 5.73 Å². The normalized spacial score (nSPS) is 11.2. The molecule has 0 saturated carbocycles. The third-order valence-electron chi connectivity index (χ3n) is 2.74. The van der Waals surface area contributed by atoms with Gasteiger partial charge in [-0.1, -0.05) is 11.6 Å². The topological polar surface area (TPSA) is 116 Å². The van der Waals surface area contributed by atoms with Crippen molar-refractivity contribution in [3.8, 4) is 5.75 Å². The Morgan fingerprint density at radius 1 is 1.48 bits per heavy atom. The van der Waals surface area contributed by atoms with E-state index >= 15 is 0 Å². The molecule has 0 bridgehead atoms. The largest absolute Gasteiger partial charge is 0.448 e. The summed E-state index contributed by atoms with van der Waals surface area (Å²) in [6.07, 6.45) is 3.20. The highest BCUT2D eigenvalue weighted by Crippen LogP contribution is 2.38. The molecule has 8 nitrogen and oxygen atoms in total. The van der Waals surface area contributed by atoms with Gasteiger partial charge in [0.2, 0.25) is 0 Å². The second-order valence-electron chi connectivity index (χ2n) is 4.14. The minimum atomic E-state index is -0.678. The predicted octanol–water partition coefficient (Wildman–Crippen LogP) is 2.56. The number of nitro groups is 1. The molecule has 0 amide bonds. The van der Waals surface area contributed by atoms with Crippen LogP contribution in [-0.2, 0) is 0 Å². The maximum atomic E-state index is 12.9. The van der Waals surface area contributed by atoms with E-state index in [1.54, 1.807) is 0 Å². The van der Waals surface area contributed by atoms with Crippen LogP contribution in [0.2, 0.25) is 5.02 Å². The lowest BCUT2D eigenvalue weighted by atomic mass is 10.3. The van der Waals surface area contributed by atoms with E-state index in [9.17, 15) is 14.5 Å². The summed E-state index contributed by atoms with van der Waals surface area (Å²) in [5.41, 5.74) is 5.74. The molecule has 0 spiro atoms. The molecule has 10 heteroatoms. The van der Waals surface area contributed by atoms with Gasteiger partial charge in [0.15, 0.2) is 23.4 Å². The number of halogens is 2. The number of nitrogens with one attached hydrogen (secondary N) is 1. The first-order chi connectivity index (χ1) is 11.0. The number of rotatable bonds is 5. The number of hydrogen-bond acceptors (Lipinski definition) is 7. The summed E-state index contributed by atoms with van der Waals surface area (Å²) in [5.74, 6) is -0.838. The maximum Gasteiger partial charge on any atom is 0.388 e. The molecule has 120 valence electrons. The fraction of sp³-hybridized carbons (Fsp3) is 0.0769. The van der Waals surface area contributed by atoms with E-state index in [-0.39, 0.29) is 27.9 Å². The van der Waals surface area contributed by atoms with Gasteiger partial charge in [-0.15, -0.1) is 0 Å². The summed E-state index contributed by atoms with van der Waals surface area (Å²) in [6.45, 7) is 0. The van der Waals surface area contributed by atoms with Crippen molar-refractivity contribution in [1.29, 1.82) is 0 Å². The van der Waals surface area contributed by atoms with Gasteiger partial charge in [0, 0.05) is 13.2 Å². The lowest BCUT2D eigenvalue weighted by Crippen LogP contribution is -2.05. The molecule has 2 heterocycles. The van der Waals surface area contributed by atoms with Crippen LogP contribution in [-0.4, -0.2) is 21.9 Å². The van der Waals surface area contributed by atoms with Crippen LogP contribution in [0.15, 0.2) is 30.7 Å². The molecule has 2 rings (SSSR count). The van der Waals surface area contributed by atoms with Crippen LogP contribution >= 0.6 is 11.6 Å². The molecule has 0 aromatic carbocycles. The first-order valence-electron chi connectivity index (χ1n) is 6.20. The number of pyridine rings is 2. The Morgan fingerprint density at radius 2 is 2.22 bits per heavy atom. The van der Waals surface area contributed by atoms with Crippen LogP contribution in [0.5, 0.6) is 5.75 Å². The van der Waals surface area contributed by atoms with E-state index in [1.807, 2.05) is 0 Å². The van der Waals surface area contributed by atoms with Crippen LogP contribution in [0.1, 0.15) is 5.69 Å². The first-order valence-corrected chi connectivity index (χ1v) is 6.58. The molecule has 0 fully saturated rings. The molecule has 0 aliphatic heterocycles. The number of ether oxygens (including phenoxy) is 1. The average molecular weight is 340 g/mol. The van der Waals surface area contributed by atoms with E-state index in [0.29, 0.717) is 0 Å². The smallest absolute Gasteiger partial charge is 0.388 e. The number of nitrogens with zero attached hydrogens (tertiary/aromatic N) is 3. The quantitative estimate of drug-likeness (QED) is 0.488. The highest BCUT2D eigenvalue weighted by molar-refractivity contribution is 6.35. The third kappa shape index (κ3) is 3.46. The third-order valence-corrected chi connectivity index (χ3v) is 3.11. The second kappa shape index (κ2) is 6.88. The molecule has 0 aliphatic carbocycles. The molecule has 2 aromatic heterocycles. The van der Waals surface area contributed by atoms with Crippen LogP contribution in [0.25, 0.3) is 5.76 Å². The molecular formula is C13H11ClFN5O3. The highest BCUT2D eigenvalue weighted by atomic mass is 35.5. The van der Waals surface area contributed by atoms with Crippen LogP contribution in [0.4, 0.5) is 15.9 Å². The Hall–Kier alpha value is -2.94. The van der Waals surface area contributed by atoms with Crippen LogP contribution < -0.4 is 15.8 Å². The molecule has 0 aliphatic rings. The molecule has 0 radical (unpaired) electrons. The zero-order chi connectivity index (χ0) is 17.0. The SMILES string of the molecule is CNc1c([N+](=O)[O-])ncc(O/C(=C/N)c2ccc(F)cn2)c1Cl. The molecule has 0 atom stereocenters. The fourth-order valence-electron chi connectivity index (χ4n) is 1.71. The van der Waals surface area contributed by atoms with Gasteiger partial charge in [0.05, 0.1) is 6.20 Å². The van der Waals surface area contributed by atoms with E-state index in [1.165, 1.54) is 19.2 Å². The minimum Gasteiger partial charge on any atom is -0.448 e. The Labute approximate surface area is 134 Å². The van der Waals surface area contributed by atoms with Crippen molar-refractivity contribution in [2.75, 3.05) is 12.4 Å². The lowest BCUT2D eigenvalue weighted by molar-refractivity contribution is -0.388. The summed E-state index contributed by atoms with van der Waals surface area (Å²) in [6, 6.07) is 2.55. The summed E-state index contributed by atoms with van der Waals surface area (Å²) in [4.78, 5) is 17.7. The van der Waals surface area contributed by atoms with Gasteiger partial charge in [-0.3, -0.25) is 0 Å². The number of aromatic nitrogens is 2. The van der Waals surface area contributed by atoms with E-state index in [4.69, 9.17) is 22.1 Å². The molecule has 23 heavy (non-hydrogen) atoms. The van der Waals surface area contributed by atoms with Crippen molar-refractivity contribution in [3.05, 3.63) is 57.4 Å². The molecule has 3 N–H and O–H groups in total. The highest BCUT2D eigenvalue weighted by Gasteiger charge is 2.23. The number of hydrogen-bond donors (Lipinski definition) is 2. The summed E-state index contributed by atoms with van der Waals surface area (Å²) in [7, 11) is 1.46. The Balaban J connectivity index is 2.39. The zero-order valence-corrected chi connectivity index (χ0v) is 12.5. The molecule has 0 unspecified atom stereocenters. The van der Waals surface area contributed by atoms with E-state index < -0.39 is 16.6 Å². The summed E-state index contributed by atoms with van der Waals surface area (Å²) in [5, 5.41) is 13.4. The van der Waals surface area contributed by atoms with E-state index in [2.05, 4.69) is 15.3 Å². The van der Waals surface area contributed by atoms with Gasteiger partial charge in [-0.25, -0.2) is 9.37 Å². The second-order valence-corrected chi connectivity index (χ2v) is 4.51. The van der Waals surface area contributed by atoms with Crippen LogP contribution in [0, 0.1) is 15.9 Å². The number of nitrogens with two attached hydrogens (primary N) is 1. The molecule has 0 saturated heterocycles. The van der Waals surface area contributed by atoms with Crippen molar-refractivity contribution in [2.45, 2.75) is 0 Å². The fourth-order valence-corrected chi connectivity index (χ4v) is 1.97. The Kier molecular flexibility index (Phi) is 4.91. The van der Waals surface area contributed by atoms with Gasteiger partial charge in [0.1, 0.15) is 16.5 Å². The lowest BCUT2D eigenvalue weighted by Gasteiger charge is -2.11. The van der Waals surface area contributed by atoms with Gasteiger partial charge in [-0.2, -0.15) is 0 Å². The number of anilines is 1.